The number of hydrogen-bond acceptors (Lipinski definition) is 7. The van der Waals surface area contributed by atoms with Crippen LogP contribution in [0.2, 0.25) is 0 Å². The van der Waals surface area contributed by atoms with Gasteiger partial charge < -0.3 is 9.32 Å². The van der Waals surface area contributed by atoms with E-state index in [4.69, 9.17) is 4.42 Å². The lowest BCUT2D eigenvalue weighted by molar-refractivity contribution is -0.116. The highest BCUT2D eigenvalue weighted by Gasteiger charge is 2.25. The van der Waals surface area contributed by atoms with E-state index in [2.05, 4.69) is 40.5 Å². The number of aromatic nitrogens is 3. The van der Waals surface area contributed by atoms with Gasteiger partial charge in [-0.1, -0.05) is 23.9 Å². The molecule has 2 aromatic heterocycles. The van der Waals surface area contributed by atoms with Gasteiger partial charge in [0.1, 0.15) is 0 Å². The molecule has 2 aromatic carbocycles. The first-order valence-electron chi connectivity index (χ1n) is 10.4. The van der Waals surface area contributed by atoms with Crippen molar-refractivity contribution < 1.29 is 9.21 Å². The number of nitrogens with zero attached hydrogens (tertiary/aromatic N) is 4. The average Bonchev–Trinajstić information content (AvgIpc) is 3.53. The molecule has 5 rings (SSSR count). The van der Waals surface area contributed by atoms with Crippen LogP contribution in [0.1, 0.15) is 21.7 Å². The summed E-state index contributed by atoms with van der Waals surface area (Å²) >= 11 is 2.92. The molecule has 6 nitrogen and oxygen atoms in total. The molecular weight excluding hydrogens is 440 g/mol. The number of benzene rings is 2. The number of thioether (sulfide) groups is 1. The number of thiazole rings is 1. The molecular formula is C24H22N4O2S2. The van der Waals surface area contributed by atoms with Crippen molar-refractivity contribution in [1.29, 1.82) is 0 Å². The van der Waals surface area contributed by atoms with Crippen molar-refractivity contribution in [2.75, 3.05) is 17.2 Å². The third-order valence-corrected chi connectivity index (χ3v) is 7.25. The van der Waals surface area contributed by atoms with Crippen LogP contribution in [0.25, 0.3) is 22.7 Å². The summed E-state index contributed by atoms with van der Waals surface area (Å²) in [5.41, 5.74) is 7.53. The van der Waals surface area contributed by atoms with Crippen LogP contribution in [-0.4, -0.2) is 33.4 Å². The number of aryl methyl sites for hydroxylation is 3. The molecule has 4 aromatic rings. The van der Waals surface area contributed by atoms with Gasteiger partial charge in [0.05, 0.1) is 16.5 Å². The largest absolute Gasteiger partial charge is 0.411 e. The van der Waals surface area contributed by atoms with Crippen LogP contribution in [0.5, 0.6) is 0 Å². The van der Waals surface area contributed by atoms with Crippen LogP contribution in [0.15, 0.2) is 51.4 Å². The van der Waals surface area contributed by atoms with Crippen molar-refractivity contribution in [3.8, 4) is 22.7 Å². The van der Waals surface area contributed by atoms with E-state index in [-0.39, 0.29) is 11.7 Å². The van der Waals surface area contributed by atoms with Crippen LogP contribution in [-0.2, 0) is 11.2 Å². The van der Waals surface area contributed by atoms with Crippen molar-refractivity contribution in [3.63, 3.8) is 0 Å². The lowest BCUT2D eigenvalue weighted by Gasteiger charge is -2.16. The lowest BCUT2D eigenvalue weighted by Crippen LogP contribution is -2.30. The van der Waals surface area contributed by atoms with Crippen LogP contribution < -0.4 is 4.90 Å². The first kappa shape index (κ1) is 20.9. The predicted molar refractivity (Wildman–Crippen MR) is 128 cm³/mol. The van der Waals surface area contributed by atoms with Crippen LogP contribution in [0.3, 0.4) is 0 Å². The van der Waals surface area contributed by atoms with E-state index in [1.165, 1.54) is 28.5 Å². The van der Waals surface area contributed by atoms with Crippen molar-refractivity contribution in [3.05, 3.63) is 63.5 Å². The van der Waals surface area contributed by atoms with E-state index in [1.54, 1.807) is 11.3 Å². The second-order valence-electron chi connectivity index (χ2n) is 7.85. The normalized spacial score (nSPS) is 12.9. The molecule has 0 bridgehead atoms. The molecule has 32 heavy (non-hydrogen) atoms. The minimum Gasteiger partial charge on any atom is -0.411 e. The third kappa shape index (κ3) is 4.08. The molecule has 1 amide bonds. The first-order chi connectivity index (χ1) is 15.5. The summed E-state index contributed by atoms with van der Waals surface area (Å²) in [4.78, 5) is 19.3. The van der Waals surface area contributed by atoms with Gasteiger partial charge in [-0.2, -0.15) is 0 Å². The van der Waals surface area contributed by atoms with E-state index >= 15 is 0 Å². The van der Waals surface area contributed by atoms with Gasteiger partial charge in [-0.25, -0.2) is 4.98 Å². The van der Waals surface area contributed by atoms with Gasteiger partial charge in [-0.3, -0.25) is 4.79 Å². The molecule has 0 saturated carbocycles. The number of hydrogen-bond donors (Lipinski definition) is 0. The summed E-state index contributed by atoms with van der Waals surface area (Å²) in [6.45, 7) is 6.81. The molecule has 162 valence electrons. The van der Waals surface area contributed by atoms with Crippen molar-refractivity contribution in [1.82, 2.24) is 15.2 Å². The standard InChI is InChI=1S/C24H22N4O2S2/c1-14-4-5-19(10-15(14)2)23-26-27-24(30-23)32-13-22(29)28-9-8-18-11-17(6-7-21(18)28)20-12-31-16(3)25-20/h4-7,10-12H,8-9,13H2,1-3H3. The Kier molecular flexibility index (Phi) is 5.57. The van der Waals surface area contributed by atoms with Gasteiger partial charge in [0.15, 0.2) is 0 Å². The molecule has 1 aliphatic heterocycles. The Morgan fingerprint density at radius 3 is 2.72 bits per heavy atom. The van der Waals surface area contributed by atoms with Gasteiger partial charge in [-0.15, -0.1) is 21.5 Å². The zero-order valence-electron chi connectivity index (χ0n) is 18.1. The van der Waals surface area contributed by atoms with Crippen molar-refractivity contribution in [2.24, 2.45) is 0 Å². The summed E-state index contributed by atoms with van der Waals surface area (Å²) in [7, 11) is 0. The maximum Gasteiger partial charge on any atom is 0.277 e. The fourth-order valence-electron chi connectivity index (χ4n) is 3.78. The summed E-state index contributed by atoms with van der Waals surface area (Å²) < 4.78 is 5.78. The van der Waals surface area contributed by atoms with Crippen LogP contribution in [0, 0.1) is 20.8 Å². The predicted octanol–water partition coefficient (Wildman–Crippen LogP) is 5.47. The highest BCUT2D eigenvalue weighted by atomic mass is 32.2. The lowest BCUT2D eigenvalue weighted by atomic mass is 10.1. The Morgan fingerprint density at radius 1 is 1.09 bits per heavy atom. The maximum absolute atomic E-state index is 12.9. The van der Waals surface area contributed by atoms with Crippen LogP contribution >= 0.6 is 23.1 Å². The van der Waals surface area contributed by atoms with E-state index in [1.807, 2.05) is 42.2 Å². The third-order valence-electron chi connectivity index (χ3n) is 5.67. The van der Waals surface area contributed by atoms with Gasteiger partial charge in [0, 0.05) is 28.7 Å². The minimum absolute atomic E-state index is 0.0388. The zero-order chi connectivity index (χ0) is 22.2. The molecule has 0 spiro atoms. The molecule has 0 saturated heterocycles. The summed E-state index contributed by atoms with van der Waals surface area (Å²) in [5, 5.41) is 11.8. The second kappa shape index (κ2) is 8.52. The minimum atomic E-state index is 0.0388. The fourth-order valence-corrected chi connectivity index (χ4v) is 5.04. The topological polar surface area (TPSA) is 72.1 Å². The maximum atomic E-state index is 12.9. The van der Waals surface area contributed by atoms with Gasteiger partial charge in [0.25, 0.3) is 5.22 Å². The number of carbonyl (C=O) groups excluding carboxylic acids is 1. The van der Waals surface area contributed by atoms with Crippen LogP contribution in [0.4, 0.5) is 5.69 Å². The molecule has 0 N–H and O–H groups in total. The highest BCUT2D eigenvalue weighted by molar-refractivity contribution is 7.99. The molecule has 0 unspecified atom stereocenters. The molecule has 0 fully saturated rings. The van der Waals surface area contributed by atoms with Crippen molar-refractivity contribution in [2.45, 2.75) is 32.4 Å². The summed E-state index contributed by atoms with van der Waals surface area (Å²) in [5.74, 6) is 0.761. The number of amides is 1. The molecule has 0 atom stereocenters. The Balaban J connectivity index is 1.25. The molecule has 3 heterocycles. The number of anilines is 1. The van der Waals surface area contributed by atoms with Gasteiger partial charge in [-0.05, 0) is 68.1 Å². The zero-order valence-corrected chi connectivity index (χ0v) is 19.7. The Bertz CT molecular complexity index is 1310. The SMILES string of the molecule is Cc1nc(-c2ccc3c(c2)CCN3C(=O)CSc2nnc(-c3ccc(C)c(C)c3)o2)cs1. The monoisotopic (exact) mass is 462 g/mol. The molecule has 1 aliphatic rings. The first-order valence-corrected chi connectivity index (χ1v) is 12.2. The van der Waals surface area contributed by atoms with Gasteiger partial charge >= 0.3 is 0 Å². The quantitative estimate of drug-likeness (QED) is 0.366. The van der Waals surface area contributed by atoms with E-state index in [0.29, 0.717) is 17.7 Å². The van der Waals surface area contributed by atoms with E-state index in [0.717, 1.165) is 33.9 Å². The fraction of sp³-hybridized carbons (Fsp3) is 0.250. The number of fused-ring (bicyclic) bond motifs is 1. The Labute approximate surface area is 194 Å². The average molecular weight is 463 g/mol. The second-order valence-corrected chi connectivity index (χ2v) is 9.84. The Morgan fingerprint density at radius 2 is 1.94 bits per heavy atom. The summed E-state index contributed by atoms with van der Waals surface area (Å²) in [6, 6.07) is 12.3. The van der Waals surface area contributed by atoms with Gasteiger partial charge in [0.2, 0.25) is 11.8 Å². The smallest absolute Gasteiger partial charge is 0.277 e. The molecule has 0 radical (unpaired) electrons. The number of carbonyl (C=O) groups is 1. The number of rotatable bonds is 5. The van der Waals surface area contributed by atoms with E-state index < -0.39 is 0 Å². The highest BCUT2D eigenvalue weighted by Crippen LogP contribution is 2.33. The van der Waals surface area contributed by atoms with Crippen molar-refractivity contribution >= 4 is 34.7 Å². The Hall–Kier alpha value is -2.97. The molecule has 0 aliphatic carbocycles. The molecule has 8 heteroatoms. The van der Waals surface area contributed by atoms with E-state index in [9.17, 15) is 4.79 Å². The summed E-state index contributed by atoms with van der Waals surface area (Å²) in [6.07, 6.45) is 0.847.